The van der Waals surface area contributed by atoms with E-state index in [0.717, 1.165) is 23.1 Å². The number of ketones is 1. The number of hydrogen-bond acceptors (Lipinski definition) is 2. The standard InChI is InChI=1S/C21H20N2O2/c24-20-12-16(11-14-5-1-2-7-18(14)20)21(25)22-10-9-15-13-23-19-8-4-3-6-17(15)19/h1-8,13,16,23H,9-12H2,(H,22,25). The zero-order valence-electron chi connectivity index (χ0n) is 13.9. The molecular formula is C21H20N2O2. The molecular weight excluding hydrogens is 312 g/mol. The number of carbonyl (C=O) groups is 2. The summed E-state index contributed by atoms with van der Waals surface area (Å²) in [5.74, 6) is -0.216. The SMILES string of the molecule is O=C1CC(C(=O)NCCc2c[nH]c3ccccc23)Cc2ccccc21. The van der Waals surface area contributed by atoms with E-state index in [9.17, 15) is 9.59 Å². The lowest BCUT2D eigenvalue weighted by molar-refractivity contribution is -0.125. The van der Waals surface area contributed by atoms with E-state index < -0.39 is 0 Å². The Balaban J connectivity index is 1.38. The van der Waals surface area contributed by atoms with Gasteiger partial charge >= 0.3 is 0 Å². The number of benzene rings is 2. The van der Waals surface area contributed by atoms with Crippen molar-refractivity contribution in [1.29, 1.82) is 0 Å². The summed E-state index contributed by atoms with van der Waals surface area (Å²) in [4.78, 5) is 27.9. The third-order valence-electron chi connectivity index (χ3n) is 4.96. The Labute approximate surface area is 146 Å². The van der Waals surface area contributed by atoms with Crippen LogP contribution in [0.2, 0.25) is 0 Å². The Morgan fingerprint density at radius 2 is 1.88 bits per heavy atom. The molecule has 25 heavy (non-hydrogen) atoms. The Morgan fingerprint density at radius 1 is 1.08 bits per heavy atom. The van der Waals surface area contributed by atoms with Crippen LogP contribution < -0.4 is 5.32 Å². The summed E-state index contributed by atoms with van der Waals surface area (Å²) in [7, 11) is 0. The Kier molecular flexibility index (Phi) is 4.10. The largest absolute Gasteiger partial charge is 0.361 e. The molecule has 0 saturated carbocycles. The second-order valence-electron chi connectivity index (χ2n) is 6.59. The number of hydrogen-bond donors (Lipinski definition) is 2. The molecule has 2 aromatic carbocycles. The molecule has 0 aliphatic heterocycles. The maximum absolute atomic E-state index is 12.5. The maximum Gasteiger partial charge on any atom is 0.223 e. The van der Waals surface area contributed by atoms with Crippen LogP contribution in [-0.4, -0.2) is 23.2 Å². The normalized spacial score (nSPS) is 16.6. The molecule has 0 radical (unpaired) electrons. The van der Waals surface area contributed by atoms with Crippen molar-refractivity contribution in [3.8, 4) is 0 Å². The van der Waals surface area contributed by atoms with Gasteiger partial charge in [-0.3, -0.25) is 9.59 Å². The number of aromatic nitrogens is 1. The summed E-state index contributed by atoms with van der Waals surface area (Å²) < 4.78 is 0. The summed E-state index contributed by atoms with van der Waals surface area (Å²) in [5, 5.41) is 4.19. The number of para-hydroxylation sites is 1. The van der Waals surface area contributed by atoms with Crippen LogP contribution in [0.25, 0.3) is 10.9 Å². The van der Waals surface area contributed by atoms with E-state index in [-0.39, 0.29) is 17.6 Å². The Morgan fingerprint density at radius 3 is 2.80 bits per heavy atom. The van der Waals surface area contributed by atoms with Gasteiger partial charge in [0.05, 0.1) is 0 Å². The first-order chi connectivity index (χ1) is 12.2. The second kappa shape index (κ2) is 6.55. The van der Waals surface area contributed by atoms with Crippen molar-refractivity contribution in [2.75, 3.05) is 6.54 Å². The molecule has 0 bridgehead atoms. The van der Waals surface area contributed by atoms with Gasteiger partial charge in [0.1, 0.15) is 0 Å². The number of carbonyl (C=O) groups excluding carboxylic acids is 2. The molecule has 1 aliphatic carbocycles. The van der Waals surface area contributed by atoms with Crippen molar-refractivity contribution in [2.45, 2.75) is 19.3 Å². The molecule has 0 spiro atoms. The summed E-state index contributed by atoms with van der Waals surface area (Å²) in [6.07, 6.45) is 3.71. The van der Waals surface area contributed by atoms with Gasteiger partial charge in [-0.1, -0.05) is 42.5 Å². The molecule has 4 rings (SSSR count). The summed E-state index contributed by atoms with van der Waals surface area (Å²) >= 11 is 0. The molecule has 2 N–H and O–H groups in total. The van der Waals surface area contributed by atoms with Gasteiger partial charge in [0.2, 0.25) is 5.91 Å². The van der Waals surface area contributed by atoms with Gasteiger partial charge in [-0.15, -0.1) is 0 Å². The quantitative estimate of drug-likeness (QED) is 0.770. The average molecular weight is 332 g/mol. The van der Waals surface area contributed by atoms with Crippen LogP contribution >= 0.6 is 0 Å². The molecule has 0 fully saturated rings. The highest BCUT2D eigenvalue weighted by molar-refractivity contribution is 6.01. The van der Waals surface area contributed by atoms with Gasteiger partial charge in [0.15, 0.2) is 5.78 Å². The van der Waals surface area contributed by atoms with E-state index in [1.807, 2.05) is 48.7 Å². The molecule has 1 atom stereocenters. The Bertz CT molecular complexity index is 942. The molecule has 126 valence electrons. The lowest BCUT2D eigenvalue weighted by Crippen LogP contribution is -2.36. The van der Waals surface area contributed by atoms with Crippen LogP contribution in [0.3, 0.4) is 0 Å². The van der Waals surface area contributed by atoms with Gasteiger partial charge < -0.3 is 10.3 Å². The summed E-state index contributed by atoms with van der Waals surface area (Å²) in [6, 6.07) is 15.7. The molecule has 1 amide bonds. The van der Waals surface area contributed by atoms with Crippen molar-refractivity contribution in [3.05, 3.63) is 71.4 Å². The Hall–Kier alpha value is -2.88. The van der Waals surface area contributed by atoms with Crippen molar-refractivity contribution >= 4 is 22.6 Å². The maximum atomic E-state index is 12.5. The van der Waals surface area contributed by atoms with Crippen molar-refractivity contribution in [1.82, 2.24) is 10.3 Å². The van der Waals surface area contributed by atoms with Crippen LogP contribution in [0, 0.1) is 5.92 Å². The first-order valence-electron chi connectivity index (χ1n) is 8.66. The zero-order chi connectivity index (χ0) is 17.2. The molecule has 4 nitrogen and oxygen atoms in total. The van der Waals surface area contributed by atoms with Crippen LogP contribution in [-0.2, 0) is 17.6 Å². The number of aromatic amines is 1. The van der Waals surface area contributed by atoms with Crippen LogP contribution in [0.5, 0.6) is 0 Å². The fourth-order valence-electron chi connectivity index (χ4n) is 3.63. The van der Waals surface area contributed by atoms with Gasteiger partial charge in [-0.2, -0.15) is 0 Å². The minimum absolute atomic E-state index is 0.0253. The zero-order valence-corrected chi connectivity index (χ0v) is 13.9. The molecule has 3 aromatic rings. The van der Waals surface area contributed by atoms with E-state index in [1.165, 1.54) is 10.9 Å². The molecule has 4 heteroatoms. The monoisotopic (exact) mass is 332 g/mol. The minimum Gasteiger partial charge on any atom is -0.361 e. The van der Waals surface area contributed by atoms with Crippen LogP contribution in [0.15, 0.2) is 54.7 Å². The van der Waals surface area contributed by atoms with Gasteiger partial charge in [0.25, 0.3) is 0 Å². The van der Waals surface area contributed by atoms with E-state index in [0.29, 0.717) is 19.4 Å². The molecule has 0 saturated heterocycles. The van der Waals surface area contributed by atoms with Gasteiger partial charge in [0, 0.05) is 41.5 Å². The average Bonchev–Trinajstić information content (AvgIpc) is 3.05. The van der Waals surface area contributed by atoms with Crippen molar-refractivity contribution in [2.24, 2.45) is 5.92 Å². The highest BCUT2D eigenvalue weighted by Gasteiger charge is 2.29. The molecule has 1 aromatic heterocycles. The smallest absolute Gasteiger partial charge is 0.223 e. The fourth-order valence-corrected chi connectivity index (χ4v) is 3.63. The number of fused-ring (bicyclic) bond motifs is 2. The molecule has 1 unspecified atom stereocenters. The van der Waals surface area contributed by atoms with E-state index in [2.05, 4.69) is 16.4 Å². The minimum atomic E-state index is -0.259. The van der Waals surface area contributed by atoms with Crippen LogP contribution in [0.4, 0.5) is 0 Å². The second-order valence-corrected chi connectivity index (χ2v) is 6.59. The van der Waals surface area contributed by atoms with Crippen molar-refractivity contribution in [3.63, 3.8) is 0 Å². The van der Waals surface area contributed by atoms with Gasteiger partial charge in [-0.25, -0.2) is 0 Å². The third-order valence-corrected chi connectivity index (χ3v) is 4.96. The molecule has 1 heterocycles. The van der Waals surface area contributed by atoms with Crippen molar-refractivity contribution < 1.29 is 9.59 Å². The highest BCUT2D eigenvalue weighted by atomic mass is 16.2. The lowest BCUT2D eigenvalue weighted by atomic mass is 9.82. The summed E-state index contributed by atoms with van der Waals surface area (Å²) in [5.41, 5.74) is 4.06. The highest BCUT2D eigenvalue weighted by Crippen LogP contribution is 2.25. The number of H-pyrrole nitrogens is 1. The lowest BCUT2D eigenvalue weighted by Gasteiger charge is -2.22. The van der Waals surface area contributed by atoms with E-state index in [4.69, 9.17) is 0 Å². The predicted molar refractivity (Wildman–Crippen MR) is 97.6 cm³/mol. The number of nitrogens with one attached hydrogen (secondary N) is 2. The number of Topliss-reactive ketones (excluding diaryl/α,β-unsaturated/α-hetero) is 1. The van der Waals surface area contributed by atoms with E-state index in [1.54, 1.807) is 0 Å². The number of amides is 1. The third kappa shape index (κ3) is 3.07. The first kappa shape index (κ1) is 15.6. The fraction of sp³-hybridized carbons (Fsp3) is 0.238. The predicted octanol–water partition coefficient (Wildman–Crippen LogP) is 3.27. The van der Waals surface area contributed by atoms with Crippen LogP contribution in [0.1, 0.15) is 27.9 Å². The summed E-state index contributed by atoms with van der Waals surface area (Å²) in [6.45, 7) is 0.576. The molecule has 1 aliphatic rings. The van der Waals surface area contributed by atoms with E-state index >= 15 is 0 Å². The first-order valence-corrected chi connectivity index (χ1v) is 8.66. The van der Waals surface area contributed by atoms with Gasteiger partial charge in [-0.05, 0) is 30.0 Å². The number of rotatable bonds is 4. The topological polar surface area (TPSA) is 62.0 Å².